The van der Waals surface area contributed by atoms with Gasteiger partial charge in [-0.25, -0.2) is 67.0 Å². The number of nitrogens with zero attached hydrogens (tertiary/aromatic N) is 12. The van der Waals surface area contributed by atoms with Crippen LogP contribution in [0.1, 0.15) is 80.9 Å². The summed E-state index contributed by atoms with van der Waals surface area (Å²) >= 11 is 44.8. The molecule has 118 heavy (non-hydrogen) atoms. The average Bonchev–Trinajstić information content (AvgIpc) is 1.62. The monoisotopic (exact) mass is 1790 g/mol. The van der Waals surface area contributed by atoms with Crippen LogP contribution in [-0.4, -0.2) is 107 Å². The fourth-order valence-corrected chi connectivity index (χ4v) is 10.9. The van der Waals surface area contributed by atoms with E-state index in [0.717, 1.165) is 17.1 Å². The molecular weight excluding hydrogens is 1730 g/mol. The van der Waals surface area contributed by atoms with Crippen LogP contribution in [0.25, 0.3) is 45.0 Å². The third-order valence-corrected chi connectivity index (χ3v) is 17.6. The van der Waals surface area contributed by atoms with Gasteiger partial charge in [-0.1, -0.05) is 92.8 Å². The molecule has 0 saturated carbocycles. The van der Waals surface area contributed by atoms with Crippen molar-refractivity contribution in [1.82, 2.24) is 49.0 Å². The maximum absolute atomic E-state index is 14.1. The Bertz CT molecular complexity index is 5610. The fraction of sp³-hybridized carbons (Fsp3) is 0.213. The van der Waals surface area contributed by atoms with E-state index in [2.05, 4.69) is 55.7 Å². The molecule has 1 aliphatic heterocycles. The van der Waals surface area contributed by atoms with Gasteiger partial charge in [0.25, 0.3) is 6.47 Å². The summed E-state index contributed by atoms with van der Waals surface area (Å²) in [6.45, 7) is 22.2. The Morgan fingerprint density at radius 2 is 0.966 bits per heavy atom. The van der Waals surface area contributed by atoms with Crippen molar-refractivity contribution in [2.45, 2.75) is 105 Å². The molecule has 12 aromatic rings. The second kappa shape index (κ2) is 42.7. The maximum atomic E-state index is 14.1. The van der Waals surface area contributed by atoms with Gasteiger partial charge in [-0.2, -0.15) is 0 Å². The van der Waals surface area contributed by atoms with Crippen LogP contribution >= 0.6 is 92.8 Å². The van der Waals surface area contributed by atoms with Gasteiger partial charge in [0.2, 0.25) is 11.0 Å². The summed E-state index contributed by atoms with van der Waals surface area (Å²) in [7, 11) is -0.498. The first-order valence-corrected chi connectivity index (χ1v) is 36.8. The number of nitrogens with two attached hydrogens (primary N) is 1. The number of hydrogen-bond donors (Lipinski definition) is 4. The normalized spacial score (nSPS) is 12.2. The van der Waals surface area contributed by atoms with Crippen molar-refractivity contribution in [3.05, 3.63) is 254 Å². The molecule has 9 heterocycles. The number of amides is 2. The number of nitro groups is 2. The summed E-state index contributed by atoms with van der Waals surface area (Å²) in [6, 6.07) is 36.3. The van der Waals surface area contributed by atoms with Crippen molar-refractivity contribution in [3.63, 3.8) is 0 Å². The van der Waals surface area contributed by atoms with E-state index in [1.807, 2.05) is 59.7 Å². The molecule has 43 heteroatoms. The number of fused-ring (bicyclic) bond motifs is 2. The Morgan fingerprint density at radius 3 is 1.42 bits per heavy atom. The molecule has 29 nitrogen and oxygen atoms in total. The zero-order valence-electron chi connectivity index (χ0n) is 64.5. The van der Waals surface area contributed by atoms with Crippen LogP contribution in [0.3, 0.4) is 0 Å². The van der Waals surface area contributed by atoms with E-state index in [4.69, 9.17) is 132 Å². The van der Waals surface area contributed by atoms with Gasteiger partial charge >= 0.3 is 60.2 Å². The standard InChI is InChI=1S/C23H21ClFN5O2.C16H25BN2O4.C13H8Cl2FN3.C11H6Cl2FN3O2.C6H5ClFN.C5H2Cl2N2O2.CH2O3.Na/c1-13-27-19-8-7-18(28-21(19)30(13)15-5-6-16(24)17(25)12-15)14-9-10-26-20(11-14)29-22(31)32-23(2,3)4;1-14(2,3)21-13(20)19-12-10-11(8-9-18-12)17-22-15(4,5)16(6,7)23-17;1-7-17-11-4-5-12(15)18-13(11)19(7)8-2-3-9(14)10(16)6-8;12-7-2-1-6(5-8(7)14)15-11-9(17(18)19)3-4-10(13)16-11;7-5-2-1-4(9)3-6(5)8;6-4-2-1-3(9(10)11)5(7)8-4;2-1-4-3;/h5-12H,1-4H3,(H,26,29,31);8-10H,1-7H3,(H,18,19,20);2-6H,1H3;1-5H,(H,15,16);1-3H,9H2;1-2H;1,3H;/q;;;;;;;+1/p-1. The Morgan fingerprint density at radius 1 is 0.542 bits per heavy atom. The number of pyridine rings is 6. The summed E-state index contributed by atoms with van der Waals surface area (Å²) in [5.74, 6) is -0.0994. The van der Waals surface area contributed by atoms with Crippen LogP contribution < -0.4 is 62.0 Å². The van der Waals surface area contributed by atoms with Gasteiger partial charge in [-0.15, -0.1) is 0 Å². The van der Waals surface area contributed by atoms with Gasteiger partial charge in [-0.3, -0.25) is 44.8 Å². The number of ether oxygens (including phenoxy) is 2. The molecule has 0 bridgehead atoms. The van der Waals surface area contributed by atoms with Crippen LogP contribution in [0, 0.1) is 57.3 Å². The number of rotatable bonds is 11. The molecule has 1 fully saturated rings. The van der Waals surface area contributed by atoms with Gasteiger partial charge in [0.05, 0.1) is 58.2 Å². The first-order valence-electron chi connectivity index (χ1n) is 33.7. The van der Waals surface area contributed by atoms with Gasteiger partial charge in [0.15, 0.2) is 11.3 Å². The van der Waals surface area contributed by atoms with Crippen molar-refractivity contribution in [2.24, 2.45) is 0 Å². The van der Waals surface area contributed by atoms with Crippen LogP contribution in [-0.2, 0) is 28.5 Å². The van der Waals surface area contributed by atoms with Crippen LogP contribution in [0.5, 0.6) is 0 Å². The Kier molecular flexibility index (Phi) is 35.1. The van der Waals surface area contributed by atoms with Crippen molar-refractivity contribution in [3.8, 4) is 22.6 Å². The molecule has 0 atom stereocenters. The number of anilines is 5. The summed E-state index contributed by atoms with van der Waals surface area (Å²) in [4.78, 5) is 88.4. The van der Waals surface area contributed by atoms with Crippen molar-refractivity contribution >= 4 is 187 Å². The largest absolute Gasteiger partial charge is 1.00 e. The molecular formula is C75H68BCl8F4N16NaO13. The van der Waals surface area contributed by atoms with Gasteiger partial charge < -0.3 is 40.0 Å². The first kappa shape index (κ1) is 96.9. The Labute approximate surface area is 733 Å². The number of aromatic nitrogens is 10. The molecule has 1 aliphatic rings. The molecule has 0 aliphatic carbocycles. The first-order chi connectivity index (χ1) is 54.7. The predicted octanol–water partition coefficient (Wildman–Crippen LogP) is 16.8. The number of aryl methyl sites for hydroxylation is 2. The van der Waals surface area contributed by atoms with E-state index >= 15 is 0 Å². The van der Waals surface area contributed by atoms with E-state index in [1.54, 1.807) is 112 Å². The average molecular weight is 1790 g/mol. The summed E-state index contributed by atoms with van der Waals surface area (Å²) < 4.78 is 79.3. The summed E-state index contributed by atoms with van der Waals surface area (Å²) in [5, 5.41) is 37.9. The van der Waals surface area contributed by atoms with Crippen molar-refractivity contribution in [2.75, 3.05) is 21.7 Å². The van der Waals surface area contributed by atoms with Crippen LogP contribution in [0.2, 0.25) is 40.7 Å². The number of benzene rings is 4. The number of nitrogens with one attached hydrogen (secondary N) is 3. The minimum atomic E-state index is -0.642. The quantitative estimate of drug-likeness (QED) is 0.0137. The Hall–Kier alpha value is -9.89. The number of carbonyl (C=O) groups is 3. The molecule has 0 spiro atoms. The molecule has 0 radical (unpaired) electrons. The van der Waals surface area contributed by atoms with Gasteiger partial charge in [-0.05, 0) is 222 Å². The molecule has 13 rings (SSSR count). The number of imidazole rings is 2. The SMILES string of the molecule is CC(C)(C)OC(=O)Nc1cc(B2OC(C)(C)C(C)(C)O2)ccn1.Cc1nc2ccc(-c3ccnc(NC(=O)OC(C)(C)C)c3)nc2n1-c1ccc(Cl)c(F)c1.Cc1nc2ccc(Cl)nc2n1-c1ccc(Cl)c(F)c1.Nc1ccc(Cl)c(F)c1.O=CO[O-].O=[N+]([O-])c1ccc(Cl)nc1Cl.O=[N+]([O-])c1ccc(Cl)nc1Nc1ccc(Cl)c(F)c1.[Na+]. The minimum Gasteiger partial charge on any atom is -0.662 e. The second-order valence-corrected chi connectivity index (χ2v) is 30.2. The van der Waals surface area contributed by atoms with Crippen LogP contribution in [0.15, 0.2) is 158 Å². The zero-order valence-corrected chi connectivity index (χ0v) is 72.5. The fourth-order valence-electron chi connectivity index (χ4n) is 9.69. The number of carbonyl (C=O) groups excluding carboxylic acids is 3. The van der Waals surface area contributed by atoms with E-state index < -0.39 is 74.8 Å². The van der Waals surface area contributed by atoms with Crippen molar-refractivity contribution < 1.29 is 100 Å². The van der Waals surface area contributed by atoms with E-state index in [0.29, 0.717) is 73.5 Å². The topological polar surface area (TPSA) is 382 Å². The maximum Gasteiger partial charge on any atom is 1.00 e. The second-order valence-electron chi connectivity index (χ2n) is 27.0. The minimum absolute atomic E-state index is 0. The van der Waals surface area contributed by atoms with E-state index in [1.165, 1.54) is 72.8 Å². The summed E-state index contributed by atoms with van der Waals surface area (Å²) in [6.07, 6.45) is 2.04. The third-order valence-electron chi connectivity index (χ3n) is 15.4. The molecule has 0 unspecified atom stereocenters. The summed E-state index contributed by atoms with van der Waals surface area (Å²) in [5.41, 5.74) is 9.26. The van der Waals surface area contributed by atoms with E-state index in [-0.39, 0.29) is 94.5 Å². The van der Waals surface area contributed by atoms with Crippen LogP contribution in [0.4, 0.5) is 67.4 Å². The molecule has 8 aromatic heterocycles. The predicted molar refractivity (Wildman–Crippen MR) is 440 cm³/mol. The Balaban J connectivity index is 0.000000226. The van der Waals surface area contributed by atoms with Gasteiger partial charge in [0, 0.05) is 41.5 Å². The number of nitrogen functional groups attached to an aromatic ring is 1. The molecule has 5 N–H and O–H groups in total. The van der Waals surface area contributed by atoms with Gasteiger partial charge in [0.1, 0.15) is 84.2 Å². The molecule has 614 valence electrons. The zero-order chi connectivity index (χ0) is 86.8. The molecule has 1 saturated heterocycles. The number of hydrogen-bond acceptors (Lipinski definition) is 23. The van der Waals surface area contributed by atoms with E-state index in [9.17, 15) is 47.4 Å². The molecule has 2 amide bonds. The molecule has 4 aromatic carbocycles. The number of halogens is 12. The van der Waals surface area contributed by atoms with Crippen molar-refractivity contribution in [1.29, 1.82) is 0 Å². The smallest absolute Gasteiger partial charge is 0.662 e. The third kappa shape index (κ3) is 28.1.